The third-order valence-corrected chi connectivity index (χ3v) is 4.88. The van der Waals surface area contributed by atoms with Gasteiger partial charge in [0, 0.05) is 30.2 Å². The highest BCUT2D eigenvalue weighted by molar-refractivity contribution is 5.86. The lowest BCUT2D eigenvalue weighted by Crippen LogP contribution is -2.15. The van der Waals surface area contributed by atoms with Crippen molar-refractivity contribution < 1.29 is 19.1 Å². The van der Waals surface area contributed by atoms with Crippen LogP contribution in [0.4, 0.5) is 0 Å². The number of carbonyl (C=O) groups excluding carboxylic acids is 2. The zero-order valence-corrected chi connectivity index (χ0v) is 13.4. The Morgan fingerprint density at radius 2 is 2.30 bits per heavy atom. The number of Topliss-reactive ketones (excluding diaryl/α,β-unsaturated/α-hetero) is 1. The van der Waals surface area contributed by atoms with E-state index in [-0.39, 0.29) is 29.7 Å². The summed E-state index contributed by atoms with van der Waals surface area (Å²) in [6, 6.07) is 6.13. The van der Waals surface area contributed by atoms with Crippen molar-refractivity contribution in [2.75, 3.05) is 7.11 Å². The molecule has 2 aliphatic rings. The fraction of sp³-hybridized carbons (Fsp3) is 0.474. The quantitative estimate of drug-likeness (QED) is 0.598. The van der Waals surface area contributed by atoms with Gasteiger partial charge in [-0.05, 0) is 24.8 Å². The number of ketones is 1. The molecule has 0 bridgehead atoms. The van der Waals surface area contributed by atoms with Crippen LogP contribution in [0.2, 0.25) is 0 Å². The molecule has 0 spiro atoms. The number of benzene rings is 1. The normalized spacial score (nSPS) is 24.7. The van der Waals surface area contributed by atoms with Crippen LogP contribution in [0.25, 0.3) is 0 Å². The summed E-state index contributed by atoms with van der Waals surface area (Å²) in [6.45, 7) is 3.77. The van der Waals surface area contributed by atoms with Crippen LogP contribution in [-0.4, -0.2) is 25.0 Å². The van der Waals surface area contributed by atoms with Gasteiger partial charge >= 0.3 is 5.97 Å². The van der Waals surface area contributed by atoms with Gasteiger partial charge < -0.3 is 9.47 Å². The molecule has 1 aliphatic carbocycles. The summed E-state index contributed by atoms with van der Waals surface area (Å²) in [4.78, 5) is 23.4. The first-order valence-corrected chi connectivity index (χ1v) is 8.14. The minimum absolute atomic E-state index is 0.0101. The fourth-order valence-electron chi connectivity index (χ4n) is 3.81. The van der Waals surface area contributed by atoms with Gasteiger partial charge in [-0.25, -0.2) is 0 Å². The Kier molecular flexibility index (Phi) is 4.51. The van der Waals surface area contributed by atoms with E-state index in [9.17, 15) is 9.59 Å². The summed E-state index contributed by atoms with van der Waals surface area (Å²) in [6.07, 6.45) is 4.89. The molecular formula is C19H22O4. The van der Waals surface area contributed by atoms with Crippen LogP contribution in [0.1, 0.15) is 42.7 Å². The van der Waals surface area contributed by atoms with E-state index < -0.39 is 0 Å². The molecule has 0 saturated heterocycles. The molecule has 122 valence electrons. The molecule has 0 radical (unpaired) electrons. The van der Waals surface area contributed by atoms with Crippen LogP contribution >= 0.6 is 0 Å². The van der Waals surface area contributed by atoms with Gasteiger partial charge in [0.25, 0.3) is 0 Å². The lowest BCUT2D eigenvalue weighted by atomic mass is 9.85. The molecule has 0 N–H and O–H groups in total. The largest absolute Gasteiger partial charge is 0.489 e. The van der Waals surface area contributed by atoms with Crippen LogP contribution < -0.4 is 4.74 Å². The number of para-hydroxylation sites is 1. The van der Waals surface area contributed by atoms with E-state index in [0.29, 0.717) is 19.3 Å². The third-order valence-electron chi connectivity index (χ3n) is 4.88. The Morgan fingerprint density at radius 3 is 3.04 bits per heavy atom. The number of esters is 1. The van der Waals surface area contributed by atoms with Crippen molar-refractivity contribution in [2.45, 2.75) is 44.1 Å². The minimum atomic E-state index is -0.188. The van der Waals surface area contributed by atoms with E-state index in [2.05, 4.69) is 17.4 Å². The molecule has 1 aromatic rings. The summed E-state index contributed by atoms with van der Waals surface area (Å²) < 4.78 is 10.8. The maximum Gasteiger partial charge on any atom is 0.305 e. The van der Waals surface area contributed by atoms with Crippen LogP contribution in [0.5, 0.6) is 5.75 Å². The second-order valence-corrected chi connectivity index (χ2v) is 6.25. The highest BCUT2D eigenvalue weighted by atomic mass is 16.5. The first-order valence-electron chi connectivity index (χ1n) is 8.14. The average molecular weight is 314 g/mol. The van der Waals surface area contributed by atoms with E-state index in [4.69, 9.17) is 4.74 Å². The molecule has 3 rings (SSSR count). The van der Waals surface area contributed by atoms with Gasteiger partial charge in [-0.3, -0.25) is 9.59 Å². The Hall–Kier alpha value is -2.10. The number of rotatable bonds is 6. The Balaban J connectivity index is 1.78. The zero-order chi connectivity index (χ0) is 16.4. The Bertz CT molecular complexity index is 634. The number of allylic oxidation sites excluding steroid dienone is 1. The second kappa shape index (κ2) is 6.57. The molecule has 1 saturated carbocycles. The Labute approximate surface area is 136 Å². The van der Waals surface area contributed by atoms with Crippen molar-refractivity contribution >= 4 is 11.8 Å². The average Bonchev–Trinajstić information content (AvgIpc) is 3.04. The highest BCUT2D eigenvalue weighted by Crippen LogP contribution is 2.51. The van der Waals surface area contributed by atoms with Gasteiger partial charge in [0.2, 0.25) is 0 Å². The van der Waals surface area contributed by atoms with Crippen LogP contribution in [0.15, 0.2) is 30.9 Å². The molecule has 1 aromatic carbocycles. The van der Waals surface area contributed by atoms with Crippen molar-refractivity contribution in [3.8, 4) is 5.75 Å². The van der Waals surface area contributed by atoms with Gasteiger partial charge in [-0.15, -0.1) is 6.58 Å². The van der Waals surface area contributed by atoms with E-state index in [1.807, 2.05) is 18.2 Å². The smallest absolute Gasteiger partial charge is 0.305 e. The topological polar surface area (TPSA) is 52.6 Å². The Morgan fingerprint density at radius 1 is 1.48 bits per heavy atom. The van der Waals surface area contributed by atoms with Crippen LogP contribution in [-0.2, 0) is 20.7 Å². The molecule has 23 heavy (non-hydrogen) atoms. The number of hydrogen-bond donors (Lipinski definition) is 0. The maximum atomic E-state index is 12.2. The summed E-state index contributed by atoms with van der Waals surface area (Å²) in [5.41, 5.74) is 2.26. The van der Waals surface area contributed by atoms with E-state index in [0.717, 1.165) is 29.7 Å². The van der Waals surface area contributed by atoms with E-state index in [1.54, 1.807) is 0 Å². The van der Waals surface area contributed by atoms with Gasteiger partial charge in [0.15, 0.2) is 0 Å². The molecule has 1 fully saturated rings. The first-order chi connectivity index (χ1) is 11.2. The third kappa shape index (κ3) is 2.90. The zero-order valence-electron chi connectivity index (χ0n) is 13.4. The first kappa shape index (κ1) is 15.8. The van der Waals surface area contributed by atoms with Gasteiger partial charge in [0.05, 0.1) is 7.11 Å². The standard InChI is InChI=1S/C19H22O4/c1-3-6-13-15(20)11-16-18(13)14-9-4-7-12(19(14)23-16)8-5-10-17(21)22-2/h3-4,7,9,13,16,18H,1,5-6,8,10-11H2,2H3/t13-,16-,18-/m0/s1. The lowest BCUT2D eigenvalue weighted by molar-refractivity contribution is -0.140. The molecule has 4 heteroatoms. The molecule has 3 atom stereocenters. The van der Waals surface area contributed by atoms with Crippen LogP contribution in [0, 0.1) is 5.92 Å². The summed E-state index contributed by atoms with van der Waals surface area (Å²) in [5.74, 6) is 1.16. The van der Waals surface area contributed by atoms with Crippen molar-refractivity contribution in [2.24, 2.45) is 5.92 Å². The predicted molar refractivity (Wildman–Crippen MR) is 86.5 cm³/mol. The number of ether oxygens (including phenoxy) is 2. The number of methoxy groups -OCH3 is 1. The number of carbonyl (C=O) groups is 2. The molecule has 4 nitrogen and oxygen atoms in total. The van der Waals surface area contributed by atoms with Crippen molar-refractivity contribution in [3.05, 3.63) is 42.0 Å². The summed E-state index contributed by atoms with van der Waals surface area (Å²) in [5, 5.41) is 0. The molecule has 0 amide bonds. The lowest BCUT2D eigenvalue weighted by Gasteiger charge is -2.14. The number of fused-ring (bicyclic) bond motifs is 3. The van der Waals surface area contributed by atoms with E-state index in [1.165, 1.54) is 7.11 Å². The minimum Gasteiger partial charge on any atom is -0.489 e. The van der Waals surface area contributed by atoms with Gasteiger partial charge in [-0.1, -0.05) is 24.3 Å². The molecule has 1 aliphatic heterocycles. The van der Waals surface area contributed by atoms with Gasteiger partial charge in [0.1, 0.15) is 17.6 Å². The van der Waals surface area contributed by atoms with Crippen molar-refractivity contribution in [1.29, 1.82) is 0 Å². The van der Waals surface area contributed by atoms with Crippen molar-refractivity contribution in [3.63, 3.8) is 0 Å². The summed E-state index contributed by atoms with van der Waals surface area (Å²) in [7, 11) is 1.41. The predicted octanol–water partition coefficient (Wildman–Crippen LogP) is 3.19. The maximum absolute atomic E-state index is 12.2. The molecule has 1 heterocycles. The number of aryl methyl sites for hydroxylation is 1. The highest BCUT2D eigenvalue weighted by Gasteiger charge is 2.49. The van der Waals surface area contributed by atoms with Crippen molar-refractivity contribution in [1.82, 2.24) is 0 Å². The SMILES string of the molecule is C=CC[C@H]1C(=O)C[C@@H]2Oc3c(CCCC(=O)OC)cccc3[C@@H]21. The monoisotopic (exact) mass is 314 g/mol. The molecule has 0 aromatic heterocycles. The molecular weight excluding hydrogens is 292 g/mol. The second-order valence-electron chi connectivity index (χ2n) is 6.25. The van der Waals surface area contributed by atoms with E-state index >= 15 is 0 Å². The van der Waals surface area contributed by atoms with Crippen LogP contribution in [0.3, 0.4) is 0 Å². The summed E-state index contributed by atoms with van der Waals surface area (Å²) >= 11 is 0. The fourth-order valence-corrected chi connectivity index (χ4v) is 3.81. The van der Waals surface area contributed by atoms with Gasteiger partial charge in [-0.2, -0.15) is 0 Å². The molecule has 0 unspecified atom stereocenters. The number of hydrogen-bond acceptors (Lipinski definition) is 4.